The summed E-state index contributed by atoms with van der Waals surface area (Å²) in [4.78, 5) is 12.4. The number of carbonyl (C=O) groups is 1. The molecule has 19 heavy (non-hydrogen) atoms. The molecule has 0 aromatic heterocycles. The molecule has 0 aliphatic carbocycles. The average molecular weight is 338 g/mol. The Morgan fingerprint density at radius 1 is 1.16 bits per heavy atom. The zero-order valence-corrected chi connectivity index (χ0v) is 13.2. The van der Waals surface area contributed by atoms with Crippen molar-refractivity contribution in [1.29, 1.82) is 0 Å². The molecule has 0 N–H and O–H groups in total. The van der Waals surface area contributed by atoms with E-state index in [1.165, 1.54) is 0 Å². The van der Waals surface area contributed by atoms with Gasteiger partial charge in [0.25, 0.3) is 0 Å². The maximum Gasteiger partial charge on any atom is 0.167 e. The SMILES string of the molecule is Cc1cc(C(=O)Cc2ccccc2Cl)c(C)cc1Br. The first kappa shape index (κ1) is 14.3. The molecule has 0 spiro atoms. The maximum atomic E-state index is 12.4. The van der Waals surface area contributed by atoms with Gasteiger partial charge in [0.05, 0.1) is 0 Å². The Labute approximate surface area is 126 Å². The van der Waals surface area contributed by atoms with Crippen LogP contribution in [0.2, 0.25) is 5.02 Å². The number of hydrogen-bond donors (Lipinski definition) is 0. The highest BCUT2D eigenvalue weighted by Crippen LogP contribution is 2.23. The smallest absolute Gasteiger partial charge is 0.167 e. The van der Waals surface area contributed by atoms with Crippen molar-refractivity contribution in [2.75, 3.05) is 0 Å². The van der Waals surface area contributed by atoms with E-state index in [2.05, 4.69) is 15.9 Å². The van der Waals surface area contributed by atoms with E-state index in [1.807, 2.05) is 50.2 Å². The van der Waals surface area contributed by atoms with Crippen molar-refractivity contribution in [3.63, 3.8) is 0 Å². The summed E-state index contributed by atoms with van der Waals surface area (Å²) < 4.78 is 1.03. The second kappa shape index (κ2) is 5.89. The van der Waals surface area contributed by atoms with E-state index >= 15 is 0 Å². The second-order valence-corrected chi connectivity index (χ2v) is 5.87. The Kier molecular flexibility index (Phi) is 4.43. The minimum absolute atomic E-state index is 0.0983. The van der Waals surface area contributed by atoms with Crippen LogP contribution in [0, 0.1) is 13.8 Å². The summed E-state index contributed by atoms with van der Waals surface area (Å²) in [7, 11) is 0. The summed E-state index contributed by atoms with van der Waals surface area (Å²) in [6.45, 7) is 3.93. The van der Waals surface area contributed by atoms with Gasteiger partial charge < -0.3 is 0 Å². The molecule has 0 fully saturated rings. The van der Waals surface area contributed by atoms with Crippen LogP contribution < -0.4 is 0 Å². The quantitative estimate of drug-likeness (QED) is 0.708. The highest BCUT2D eigenvalue weighted by atomic mass is 79.9. The fourth-order valence-electron chi connectivity index (χ4n) is 1.99. The van der Waals surface area contributed by atoms with Crippen molar-refractivity contribution >= 4 is 33.3 Å². The second-order valence-electron chi connectivity index (χ2n) is 4.61. The number of hydrogen-bond acceptors (Lipinski definition) is 1. The largest absolute Gasteiger partial charge is 0.294 e. The average Bonchev–Trinajstić information content (AvgIpc) is 2.36. The zero-order valence-electron chi connectivity index (χ0n) is 10.8. The number of aryl methyl sites for hydroxylation is 2. The molecule has 0 amide bonds. The normalized spacial score (nSPS) is 10.5. The van der Waals surface area contributed by atoms with Crippen LogP contribution >= 0.6 is 27.5 Å². The van der Waals surface area contributed by atoms with E-state index in [4.69, 9.17) is 11.6 Å². The number of carbonyl (C=O) groups excluding carboxylic acids is 1. The van der Waals surface area contributed by atoms with Crippen LogP contribution in [0.1, 0.15) is 27.0 Å². The lowest BCUT2D eigenvalue weighted by molar-refractivity contribution is 0.0992. The summed E-state index contributed by atoms with van der Waals surface area (Å²) in [5.41, 5.74) is 3.68. The summed E-state index contributed by atoms with van der Waals surface area (Å²) in [6, 6.07) is 11.4. The van der Waals surface area contributed by atoms with Crippen LogP contribution in [0.4, 0.5) is 0 Å². The van der Waals surface area contributed by atoms with Gasteiger partial charge in [-0.2, -0.15) is 0 Å². The molecule has 0 radical (unpaired) electrons. The van der Waals surface area contributed by atoms with Crippen LogP contribution in [0.3, 0.4) is 0 Å². The van der Waals surface area contributed by atoms with Crippen molar-refractivity contribution in [3.05, 3.63) is 68.1 Å². The summed E-state index contributed by atoms with van der Waals surface area (Å²) >= 11 is 9.57. The summed E-state index contributed by atoms with van der Waals surface area (Å²) in [6.07, 6.45) is 0.335. The van der Waals surface area contributed by atoms with Crippen LogP contribution in [-0.2, 0) is 6.42 Å². The van der Waals surface area contributed by atoms with Crippen LogP contribution in [0.25, 0.3) is 0 Å². The number of ketones is 1. The van der Waals surface area contributed by atoms with E-state index < -0.39 is 0 Å². The van der Waals surface area contributed by atoms with Crippen LogP contribution in [0.5, 0.6) is 0 Å². The molecule has 2 rings (SSSR count). The highest BCUT2D eigenvalue weighted by Gasteiger charge is 2.13. The summed E-state index contributed by atoms with van der Waals surface area (Å²) in [5, 5.41) is 0.641. The topological polar surface area (TPSA) is 17.1 Å². The molecule has 0 aliphatic heterocycles. The molecule has 0 saturated carbocycles. The first-order chi connectivity index (χ1) is 8.99. The van der Waals surface area contributed by atoms with Crippen LogP contribution in [0.15, 0.2) is 40.9 Å². The number of benzene rings is 2. The molecule has 2 aromatic carbocycles. The van der Waals surface area contributed by atoms with Gasteiger partial charge in [-0.3, -0.25) is 4.79 Å². The van der Waals surface area contributed by atoms with Gasteiger partial charge in [0.1, 0.15) is 0 Å². The van der Waals surface area contributed by atoms with Gasteiger partial charge in [0.15, 0.2) is 5.78 Å². The van der Waals surface area contributed by atoms with Gasteiger partial charge in [0, 0.05) is 21.5 Å². The molecular weight excluding hydrogens is 324 g/mol. The van der Waals surface area contributed by atoms with Gasteiger partial charge in [-0.05, 0) is 48.7 Å². The minimum Gasteiger partial charge on any atom is -0.294 e. The van der Waals surface area contributed by atoms with Gasteiger partial charge in [-0.15, -0.1) is 0 Å². The van der Waals surface area contributed by atoms with Crippen molar-refractivity contribution in [3.8, 4) is 0 Å². The third kappa shape index (κ3) is 3.26. The molecular formula is C16H14BrClO. The molecule has 0 unspecified atom stereocenters. The Morgan fingerprint density at radius 3 is 2.53 bits per heavy atom. The summed E-state index contributed by atoms with van der Waals surface area (Å²) in [5.74, 6) is 0.0983. The Morgan fingerprint density at radius 2 is 1.84 bits per heavy atom. The van der Waals surface area contributed by atoms with Crippen molar-refractivity contribution in [1.82, 2.24) is 0 Å². The molecule has 0 bridgehead atoms. The number of rotatable bonds is 3. The lowest BCUT2D eigenvalue weighted by Gasteiger charge is -2.09. The third-order valence-corrected chi connectivity index (χ3v) is 4.34. The Hall–Kier alpha value is -1.12. The molecule has 3 heteroatoms. The molecule has 1 nitrogen and oxygen atoms in total. The van der Waals surface area contributed by atoms with Crippen LogP contribution in [-0.4, -0.2) is 5.78 Å². The van der Waals surface area contributed by atoms with E-state index in [0.717, 1.165) is 26.7 Å². The Balaban J connectivity index is 2.31. The lowest BCUT2D eigenvalue weighted by atomic mass is 9.97. The predicted molar refractivity (Wildman–Crippen MR) is 83.1 cm³/mol. The molecule has 98 valence electrons. The fraction of sp³-hybridized carbons (Fsp3) is 0.188. The molecule has 0 heterocycles. The zero-order chi connectivity index (χ0) is 14.0. The van der Waals surface area contributed by atoms with Crippen molar-refractivity contribution < 1.29 is 4.79 Å². The van der Waals surface area contributed by atoms with Gasteiger partial charge >= 0.3 is 0 Å². The van der Waals surface area contributed by atoms with Gasteiger partial charge in [-0.1, -0.05) is 45.7 Å². The van der Waals surface area contributed by atoms with Crippen molar-refractivity contribution in [2.45, 2.75) is 20.3 Å². The number of Topliss-reactive ketones (excluding diaryl/α,β-unsaturated/α-hetero) is 1. The molecule has 0 atom stereocenters. The molecule has 0 aliphatic rings. The van der Waals surface area contributed by atoms with E-state index in [-0.39, 0.29) is 5.78 Å². The fourth-order valence-corrected chi connectivity index (χ4v) is 2.65. The monoisotopic (exact) mass is 336 g/mol. The molecule has 2 aromatic rings. The first-order valence-corrected chi connectivity index (χ1v) is 7.19. The van der Waals surface area contributed by atoms with E-state index in [1.54, 1.807) is 0 Å². The standard InChI is InChI=1S/C16H14BrClO/c1-10-8-14(17)11(2)7-13(10)16(19)9-12-5-3-4-6-15(12)18/h3-8H,9H2,1-2H3. The third-order valence-electron chi connectivity index (χ3n) is 3.11. The maximum absolute atomic E-state index is 12.4. The van der Waals surface area contributed by atoms with E-state index in [9.17, 15) is 4.79 Å². The first-order valence-electron chi connectivity index (χ1n) is 6.02. The van der Waals surface area contributed by atoms with E-state index in [0.29, 0.717) is 11.4 Å². The van der Waals surface area contributed by atoms with Crippen molar-refractivity contribution in [2.24, 2.45) is 0 Å². The number of halogens is 2. The Bertz CT molecular complexity index is 635. The molecule has 0 saturated heterocycles. The lowest BCUT2D eigenvalue weighted by Crippen LogP contribution is -2.06. The highest BCUT2D eigenvalue weighted by molar-refractivity contribution is 9.10. The predicted octanol–water partition coefficient (Wildman–Crippen LogP) is 5.14. The van der Waals surface area contributed by atoms with Gasteiger partial charge in [0.2, 0.25) is 0 Å². The van der Waals surface area contributed by atoms with Gasteiger partial charge in [-0.25, -0.2) is 0 Å². The minimum atomic E-state index is 0.0983.